The Morgan fingerprint density at radius 1 is 0.962 bits per heavy atom. The molecule has 5 rings (SSSR count). The van der Waals surface area contributed by atoms with Gasteiger partial charge >= 0.3 is 0 Å². The third-order valence-corrected chi connectivity index (χ3v) is 7.70. The van der Waals surface area contributed by atoms with Gasteiger partial charge in [-0.15, -0.1) is 0 Å². The molecule has 0 saturated heterocycles. The van der Waals surface area contributed by atoms with Crippen LogP contribution in [0.1, 0.15) is 56.2 Å². The highest BCUT2D eigenvalue weighted by Gasteiger charge is 2.56. The molecule has 2 saturated carbocycles. The van der Waals surface area contributed by atoms with E-state index in [2.05, 4.69) is 44.2 Å². The van der Waals surface area contributed by atoms with Crippen LogP contribution in [-0.4, -0.2) is 0 Å². The zero-order chi connectivity index (χ0) is 18.1. The number of benzene rings is 2. The van der Waals surface area contributed by atoms with Gasteiger partial charge in [0.05, 0.1) is 11.6 Å². The van der Waals surface area contributed by atoms with E-state index < -0.39 is 0 Å². The first kappa shape index (κ1) is 16.4. The maximum atomic E-state index is 9.42. The minimum Gasteiger partial charge on any atom is -0.192 e. The molecule has 2 aromatic rings. The first-order valence-electron chi connectivity index (χ1n) is 9.89. The second-order valence-corrected chi connectivity index (χ2v) is 9.38. The first-order valence-corrected chi connectivity index (χ1v) is 10.3. The van der Waals surface area contributed by atoms with Gasteiger partial charge in [-0.1, -0.05) is 37.6 Å². The summed E-state index contributed by atoms with van der Waals surface area (Å²) in [7, 11) is 0. The second-order valence-electron chi connectivity index (χ2n) is 8.94. The number of nitriles is 1. The van der Waals surface area contributed by atoms with Gasteiger partial charge in [0.25, 0.3) is 0 Å². The fourth-order valence-electron chi connectivity index (χ4n) is 6.81. The molecule has 0 aliphatic heterocycles. The number of hydrogen-bond acceptors (Lipinski definition) is 1. The van der Waals surface area contributed by atoms with E-state index in [-0.39, 0.29) is 5.41 Å². The molecule has 132 valence electrons. The maximum Gasteiger partial charge on any atom is 0.0991 e. The minimum atomic E-state index is 0.0642. The Kier molecular flexibility index (Phi) is 3.54. The van der Waals surface area contributed by atoms with Crippen molar-refractivity contribution in [1.29, 1.82) is 5.26 Å². The lowest BCUT2D eigenvalue weighted by atomic mass is 9.49. The number of rotatable bonds is 0. The molecule has 5 atom stereocenters. The normalized spacial score (nSPS) is 34.2. The van der Waals surface area contributed by atoms with E-state index in [0.29, 0.717) is 11.8 Å². The number of fused-ring (bicyclic) bond motifs is 8. The molecule has 0 heterocycles. The van der Waals surface area contributed by atoms with Crippen molar-refractivity contribution < 1.29 is 0 Å². The monoisotopic (exact) mass is 361 g/mol. The molecule has 5 unspecified atom stereocenters. The lowest BCUT2D eigenvalue weighted by Gasteiger charge is -2.54. The van der Waals surface area contributed by atoms with E-state index in [1.165, 1.54) is 47.9 Å². The molecule has 1 nitrogen and oxygen atoms in total. The van der Waals surface area contributed by atoms with Crippen LogP contribution in [0.15, 0.2) is 36.4 Å². The standard InChI is InChI=1S/C24H24ClN/c1-14-7-17-9-15(2)24(18(8-14)10-17)22-6-3-16(13-26)11-21(22)20-5-4-19(25)12-23(20)24/h3-6,11-12,14-15,17-18H,7-10H2,1-2H3. The van der Waals surface area contributed by atoms with Crippen molar-refractivity contribution in [2.45, 2.75) is 44.9 Å². The van der Waals surface area contributed by atoms with Crippen LogP contribution in [0.3, 0.4) is 0 Å². The summed E-state index contributed by atoms with van der Waals surface area (Å²) in [5.41, 5.74) is 6.23. The summed E-state index contributed by atoms with van der Waals surface area (Å²) in [6, 6.07) is 15.1. The van der Waals surface area contributed by atoms with Gasteiger partial charge in [0.15, 0.2) is 0 Å². The van der Waals surface area contributed by atoms with Gasteiger partial charge < -0.3 is 0 Å². The maximum absolute atomic E-state index is 9.42. The van der Waals surface area contributed by atoms with Crippen molar-refractivity contribution >= 4 is 11.6 Å². The lowest BCUT2D eigenvalue weighted by molar-refractivity contribution is 0.0426. The van der Waals surface area contributed by atoms with E-state index in [9.17, 15) is 5.26 Å². The van der Waals surface area contributed by atoms with E-state index >= 15 is 0 Å². The Bertz CT molecular complexity index is 936. The number of nitrogens with zero attached hydrogens (tertiary/aromatic N) is 1. The van der Waals surface area contributed by atoms with E-state index in [0.717, 1.165) is 22.4 Å². The summed E-state index contributed by atoms with van der Waals surface area (Å²) in [5, 5.41) is 10.2. The summed E-state index contributed by atoms with van der Waals surface area (Å²) in [5.74, 6) is 2.94. The van der Waals surface area contributed by atoms with Crippen LogP contribution in [0, 0.1) is 35.0 Å². The molecule has 0 aromatic heterocycles. The van der Waals surface area contributed by atoms with Gasteiger partial charge in [-0.3, -0.25) is 0 Å². The van der Waals surface area contributed by atoms with Crippen molar-refractivity contribution in [3.63, 3.8) is 0 Å². The predicted molar refractivity (Wildman–Crippen MR) is 106 cm³/mol. The highest BCUT2D eigenvalue weighted by molar-refractivity contribution is 6.30. The third-order valence-electron chi connectivity index (χ3n) is 7.46. The van der Waals surface area contributed by atoms with Crippen LogP contribution in [-0.2, 0) is 5.41 Å². The Hall–Kier alpha value is -1.78. The zero-order valence-corrected chi connectivity index (χ0v) is 16.2. The molecule has 2 heteroatoms. The Morgan fingerprint density at radius 2 is 1.81 bits per heavy atom. The van der Waals surface area contributed by atoms with E-state index in [4.69, 9.17) is 11.6 Å². The molecule has 26 heavy (non-hydrogen) atoms. The average Bonchev–Trinajstić information content (AvgIpc) is 2.89. The van der Waals surface area contributed by atoms with E-state index in [1.54, 1.807) is 0 Å². The van der Waals surface area contributed by atoms with Gasteiger partial charge in [0.2, 0.25) is 0 Å². The smallest absolute Gasteiger partial charge is 0.0991 e. The van der Waals surface area contributed by atoms with Gasteiger partial charge in [-0.05, 0) is 95.9 Å². The summed E-state index contributed by atoms with van der Waals surface area (Å²) in [4.78, 5) is 0. The highest BCUT2D eigenvalue weighted by atomic mass is 35.5. The van der Waals surface area contributed by atoms with Crippen LogP contribution in [0.4, 0.5) is 0 Å². The second kappa shape index (κ2) is 5.61. The predicted octanol–water partition coefficient (Wildman–Crippen LogP) is 6.57. The van der Waals surface area contributed by atoms with Gasteiger partial charge in [-0.2, -0.15) is 5.26 Å². The Labute approximate surface area is 161 Å². The Balaban J connectivity index is 1.82. The van der Waals surface area contributed by atoms with E-state index in [1.807, 2.05) is 12.1 Å². The third kappa shape index (κ3) is 2.03. The van der Waals surface area contributed by atoms with Crippen molar-refractivity contribution in [1.82, 2.24) is 0 Å². The van der Waals surface area contributed by atoms with Crippen LogP contribution < -0.4 is 0 Å². The molecule has 2 bridgehead atoms. The minimum absolute atomic E-state index is 0.0642. The van der Waals surface area contributed by atoms with Crippen molar-refractivity contribution in [3.05, 3.63) is 58.1 Å². The molecule has 3 aliphatic rings. The average molecular weight is 362 g/mol. The zero-order valence-electron chi connectivity index (χ0n) is 15.4. The molecule has 0 radical (unpaired) electrons. The molecule has 2 aromatic carbocycles. The van der Waals surface area contributed by atoms with Crippen molar-refractivity contribution in [2.75, 3.05) is 0 Å². The summed E-state index contributed by atoms with van der Waals surface area (Å²) >= 11 is 6.48. The summed E-state index contributed by atoms with van der Waals surface area (Å²) in [6.45, 7) is 4.88. The quantitative estimate of drug-likeness (QED) is 0.520. The number of halogens is 1. The molecule has 0 N–H and O–H groups in total. The largest absolute Gasteiger partial charge is 0.192 e. The molecule has 1 spiro atoms. The molecule has 3 aliphatic carbocycles. The molecule has 0 amide bonds. The number of hydrogen-bond donors (Lipinski definition) is 0. The summed E-state index contributed by atoms with van der Waals surface area (Å²) in [6.07, 6.45) is 5.32. The topological polar surface area (TPSA) is 23.8 Å². The van der Waals surface area contributed by atoms with Crippen molar-refractivity contribution in [2.24, 2.45) is 23.7 Å². The summed E-state index contributed by atoms with van der Waals surface area (Å²) < 4.78 is 0. The van der Waals surface area contributed by atoms with Crippen LogP contribution in [0.2, 0.25) is 5.02 Å². The fourth-order valence-corrected chi connectivity index (χ4v) is 6.98. The lowest BCUT2D eigenvalue weighted by Crippen LogP contribution is -2.49. The van der Waals surface area contributed by atoms with Crippen LogP contribution >= 0.6 is 11.6 Å². The highest BCUT2D eigenvalue weighted by Crippen LogP contribution is 2.64. The molecular weight excluding hydrogens is 338 g/mol. The van der Waals surface area contributed by atoms with Gasteiger partial charge in [0, 0.05) is 10.4 Å². The Morgan fingerprint density at radius 3 is 2.62 bits per heavy atom. The first-order chi connectivity index (χ1) is 12.5. The molecular formula is C24H24ClN. The van der Waals surface area contributed by atoms with Gasteiger partial charge in [-0.25, -0.2) is 0 Å². The van der Waals surface area contributed by atoms with Crippen LogP contribution in [0.25, 0.3) is 11.1 Å². The van der Waals surface area contributed by atoms with Gasteiger partial charge in [0.1, 0.15) is 0 Å². The SMILES string of the molecule is CC1CC2CC(C)C3(c4ccc(C#N)cc4-c4ccc(Cl)cc43)C(C1)C2. The fraction of sp³-hybridized carbons (Fsp3) is 0.458. The van der Waals surface area contributed by atoms with Crippen LogP contribution in [0.5, 0.6) is 0 Å². The van der Waals surface area contributed by atoms with Crippen molar-refractivity contribution in [3.8, 4) is 17.2 Å². The molecule has 2 fully saturated rings.